The molecular weight excluding hydrogens is 616 g/mol. The van der Waals surface area contributed by atoms with E-state index in [0.717, 1.165) is 6.07 Å². The van der Waals surface area contributed by atoms with Gasteiger partial charge in [0.2, 0.25) is 5.91 Å². The number of fused-ring (bicyclic) bond motifs is 1. The van der Waals surface area contributed by atoms with Gasteiger partial charge >= 0.3 is 17.1 Å². The first-order chi connectivity index (χ1) is 20.1. The lowest BCUT2D eigenvalue weighted by atomic mass is 10.1. The second-order valence-electron chi connectivity index (χ2n) is 12.3. The molecule has 2 N–H and O–H groups in total. The molecule has 1 amide bonds. The van der Waals surface area contributed by atoms with E-state index >= 15 is 0 Å². The van der Waals surface area contributed by atoms with E-state index in [9.17, 15) is 14.9 Å². The number of nitro groups is 1. The van der Waals surface area contributed by atoms with Crippen LogP contribution in [0.2, 0.25) is 27.2 Å². The number of hydrogen-bond acceptors (Lipinski definition) is 10. The molecule has 0 saturated carbocycles. The number of nitrogens with two attached hydrogens (primary N) is 1. The predicted octanol–water partition coefficient (Wildman–Crippen LogP) is 5.83. The van der Waals surface area contributed by atoms with Crippen LogP contribution < -0.4 is 10.5 Å². The minimum absolute atomic E-state index is 0.00560. The van der Waals surface area contributed by atoms with Crippen LogP contribution in [0.25, 0.3) is 0 Å². The Morgan fingerprint density at radius 3 is 2.19 bits per heavy atom. The van der Waals surface area contributed by atoms with E-state index in [1.807, 2.05) is 0 Å². The molecule has 0 radical (unpaired) electrons. The van der Waals surface area contributed by atoms with Gasteiger partial charge in [0, 0.05) is 25.2 Å². The Balaban J connectivity index is 1.78. The molecule has 15 heteroatoms. The average Bonchev–Trinajstić information content (AvgIpc) is 3.23. The van der Waals surface area contributed by atoms with Crippen LogP contribution in [0, 0.1) is 10.1 Å². The fourth-order valence-electron chi connectivity index (χ4n) is 5.90. The van der Waals surface area contributed by atoms with Gasteiger partial charge in [-0.25, -0.2) is 0 Å². The van der Waals surface area contributed by atoms with Gasteiger partial charge in [0.25, 0.3) is 5.69 Å². The lowest BCUT2D eigenvalue weighted by molar-refractivity contribution is -0.384. The van der Waals surface area contributed by atoms with Gasteiger partial charge in [-0.3, -0.25) is 14.9 Å². The molecule has 1 aromatic carbocycles. The molecule has 3 rings (SSSR count). The van der Waals surface area contributed by atoms with Gasteiger partial charge in [-0.15, -0.1) is 0 Å². The highest BCUT2D eigenvalue weighted by molar-refractivity contribution is 6.84. The number of halogens is 1. The van der Waals surface area contributed by atoms with Crippen molar-refractivity contribution in [1.82, 2.24) is 0 Å². The Labute approximate surface area is 261 Å². The number of rotatable bonds is 13. The zero-order chi connectivity index (χ0) is 32.3. The first-order valence-corrected chi connectivity index (χ1v) is 19.2. The second-order valence-corrected chi connectivity index (χ2v) is 21.5. The highest BCUT2D eigenvalue weighted by Gasteiger charge is 2.62. The number of nitrogens with zero attached hydrogens (tertiary/aromatic N) is 1. The molecule has 43 heavy (non-hydrogen) atoms. The van der Waals surface area contributed by atoms with Crippen molar-refractivity contribution >= 4 is 40.3 Å². The number of carbonyl (C=O) groups is 1. The number of methoxy groups -OCH3 is 1. The van der Waals surface area contributed by atoms with E-state index < -0.39 is 58.2 Å². The third-order valence-corrected chi connectivity index (χ3v) is 18.8. The van der Waals surface area contributed by atoms with Gasteiger partial charge in [-0.1, -0.05) is 67.0 Å². The standard InChI is InChI=1S/C28H47ClN2O10Si2/c1-16(2)42(17(3)4)38-15-23-25(40-43(41-42,18(5)6)19(7)8)26(28(35-9)39-23)37-12-10-11-36-22-14-20(27(30)32)13-21(24(22)29)31(33)34/h13-14,16-19,23,25-26,28H,10-12,15H2,1-9H3,(H2,30,32)/t23-,25-,26-,28-/m1/s1. The maximum Gasteiger partial charge on any atom is 0.335 e. The van der Waals surface area contributed by atoms with Crippen LogP contribution in [0.15, 0.2) is 12.1 Å². The predicted molar refractivity (Wildman–Crippen MR) is 166 cm³/mol. The molecule has 0 aromatic heterocycles. The zero-order valence-electron chi connectivity index (χ0n) is 26.6. The number of primary amides is 1. The van der Waals surface area contributed by atoms with Crippen LogP contribution >= 0.6 is 11.6 Å². The Morgan fingerprint density at radius 1 is 1.07 bits per heavy atom. The van der Waals surface area contributed by atoms with Gasteiger partial charge in [-0.2, -0.15) is 0 Å². The van der Waals surface area contributed by atoms with E-state index in [2.05, 4.69) is 55.4 Å². The number of nitro benzene ring substituents is 1. The van der Waals surface area contributed by atoms with Gasteiger partial charge in [-0.05, 0) is 28.2 Å². The molecule has 0 bridgehead atoms. The van der Waals surface area contributed by atoms with E-state index in [1.165, 1.54) is 6.07 Å². The number of hydrogen-bond donors (Lipinski definition) is 1. The first-order valence-electron chi connectivity index (χ1n) is 14.8. The minimum atomic E-state index is -2.90. The summed E-state index contributed by atoms with van der Waals surface area (Å²) in [5, 5.41) is 11.2. The molecule has 2 aliphatic rings. The summed E-state index contributed by atoms with van der Waals surface area (Å²) in [6.07, 6.45) is -1.71. The number of carbonyl (C=O) groups excluding carboxylic acids is 1. The summed E-state index contributed by atoms with van der Waals surface area (Å²) < 4.78 is 45.2. The Hall–Kier alpha value is -1.63. The van der Waals surface area contributed by atoms with Crippen molar-refractivity contribution in [2.75, 3.05) is 26.9 Å². The monoisotopic (exact) mass is 662 g/mol. The van der Waals surface area contributed by atoms with E-state index in [4.69, 9.17) is 49.2 Å². The van der Waals surface area contributed by atoms with Crippen molar-refractivity contribution in [2.24, 2.45) is 5.73 Å². The molecule has 1 aromatic rings. The average molecular weight is 663 g/mol. The normalized spacial score (nSPS) is 25.2. The molecule has 0 spiro atoms. The third kappa shape index (κ3) is 7.44. The number of amides is 1. The molecule has 244 valence electrons. The molecule has 0 unspecified atom stereocenters. The maximum absolute atomic E-state index is 11.6. The second kappa shape index (κ2) is 14.6. The Bertz CT molecular complexity index is 1120. The highest BCUT2D eigenvalue weighted by Crippen LogP contribution is 2.48. The summed E-state index contributed by atoms with van der Waals surface area (Å²) in [4.78, 5) is 22.3. The third-order valence-electron chi connectivity index (χ3n) is 8.19. The molecule has 2 fully saturated rings. The zero-order valence-corrected chi connectivity index (χ0v) is 29.3. The van der Waals surface area contributed by atoms with Gasteiger partial charge in [0.1, 0.15) is 24.1 Å². The number of ether oxygens (including phenoxy) is 4. The summed E-state index contributed by atoms with van der Waals surface area (Å²) in [6, 6.07) is 2.31. The van der Waals surface area contributed by atoms with Crippen molar-refractivity contribution in [3.05, 3.63) is 32.8 Å². The number of benzene rings is 1. The molecule has 2 aliphatic heterocycles. The quantitative estimate of drug-likeness (QED) is 0.118. The van der Waals surface area contributed by atoms with Crippen LogP contribution in [0.1, 0.15) is 72.2 Å². The van der Waals surface area contributed by atoms with E-state index in [-0.39, 0.29) is 51.7 Å². The van der Waals surface area contributed by atoms with Crippen molar-refractivity contribution in [1.29, 1.82) is 0 Å². The van der Waals surface area contributed by atoms with E-state index in [0.29, 0.717) is 13.0 Å². The van der Waals surface area contributed by atoms with Crippen molar-refractivity contribution in [3.8, 4) is 5.75 Å². The summed E-state index contributed by atoms with van der Waals surface area (Å²) >= 11 is 6.16. The lowest BCUT2D eigenvalue weighted by Gasteiger charge is -2.51. The van der Waals surface area contributed by atoms with Gasteiger partial charge < -0.3 is 37.6 Å². The van der Waals surface area contributed by atoms with Gasteiger partial charge in [0.15, 0.2) is 11.3 Å². The topological polar surface area (TPSA) is 151 Å². The van der Waals surface area contributed by atoms with Crippen LogP contribution in [0.4, 0.5) is 5.69 Å². The van der Waals surface area contributed by atoms with Crippen LogP contribution in [-0.2, 0) is 27.2 Å². The summed E-state index contributed by atoms with van der Waals surface area (Å²) in [6.45, 7) is 18.0. The molecule has 2 heterocycles. The highest BCUT2D eigenvalue weighted by atomic mass is 35.5. The van der Waals surface area contributed by atoms with E-state index in [1.54, 1.807) is 7.11 Å². The maximum atomic E-state index is 11.6. The Kier molecular flexibility index (Phi) is 12.2. The van der Waals surface area contributed by atoms with Crippen LogP contribution in [0.3, 0.4) is 0 Å². The summed E-state index contributed by atoms with van der Waals surface area (Å²) in [7, 11) is -4.04. The molecular formula is C28H47ClN2O10Si2. The fourth-order valence-corrected chi connectivity index (χ4v) is 17.3. The van der Waals surface area contributed by atoms with Crippen LogP contribution in [0.5, 0.6) is 5.75 Å². The molecule has 2 saturated heterocycles. The first kappa shape index (κ1) is 35.8. The Morgan fingerprint density at radius 2 is 1.67 bits per heavy atom. The van der Waals surface area contributed by atoms with Crippen molar-refractivity contribution in [2.45, 2.75) is 109 Å². The molecule has 12 nitrogen and oxygen atoms in total. The summed E-state index contributed by atoms with van der Waals surface area (Å²) in [5.41, 5.74) is 5.48. The van der Waals surface area contributed by atoms with Crippen LogP contribution in [-0.4, -0.2) is 79.5 Å². The van der Waals surface area contributed by atoms with Gasteiger partial charge in [0.05, 0.1) is 24.7 Å². The molecule has 0 aliphatic carbocycles. The minimum Gasteiger partial charge on any atom is -0.492 e. The SMILES string of the molecule is CO[C@@H]1O[C@@H]2CO[Si](C(C)C)(C(C)C)O[Si](C(C)C)(C(C)C)O[C@H]2[C@H]1OCCCOc1cc(C(N)=O)cc([N+](=O)[O-])c1Cl. The van der Waals surface area contributed by atoms with Crippen molar-refractivity contribution < 1.29 is 41.6 Å². The summed E-state index contributed by atoms with van der Waals surface area (Å²) in [5.74, 6) is -0.834. The van der Waals surface area contributed by atoms with Crippen molar-refractivity contribution in [3.63, 3.8) is 0 Å². The smallest absolute Gasteiger partial charge is 0.335 e. The fraction of sp³-hybridized carbons (Fsp3) is 0.750. The largest absolute Gasteiger partial charge is 0.492 e. The molecule has 4 atom stereocenters. The lowest BCUT2D eigenvalue weighted by Crippen LogP contribution is -2.66.